The van der Waals surface area contributed by atoms with Gasteiger partial charge in [0, 0.05) is 22.5 Å². The molecule has 3 rings (SSSR count). The first kappa shape index (κ1) is 16.0. The molecule has 6 heteroatoms. The van der Waals surface area contributed by atoms with Gasteiger partial charge in [0.1, 0.15) is 11.5 Å². The largest absolute Gasteiger partial charge is 0.469 e. The minimum absolute atomic E-state index is 0.00381. The van der Waals surface area contributed by atoms with Crippen LogP contribution in [0.1, 0.15) is 29.9 Å². The summed E-state index contributed by atoms with van der Waals surface area (Å²) in [4.78, 5) is 22.9. The van der Waals surface area contributed by atoms with E-state index in [1.165, 1.54) is 7.11 Å². The number of ether oxygens (including phenoxy) is 2. The smallest absolute Gasteiger partial charge is 0.305 e. The number of nitrogens with zero attached hydrogens (tertiary/aromatic N) is 1. The molecule has 0 radical (unpaired) electrons. The molecule has 6 nitrogen and oxygen atoms in total. The molecule has 1 unspecified atom stereocenters. The van der Waals surface area contributed by atoms with Crippen LogP contribution in [0.4, 0.5) is 0 Å². The topological polar surface area (TPSA) is 78.7 Å². The number of benzene rings is 2. The Morgan fingerprint density at radius 1 is 1.17 bits per heavy atom. The second-order valence-corrected chi connectivity index (χ2v) is 5.62. The molecule has 24 heavy (non-hydrogen) atoms. The van der Waals surface area contributed by atoms with Gasteiger partial charge in [0.05, 0.1) is 19.4 Å². The Bertz CT molecular complexity index is 728. The van der Waals surface area contributed by atoms with Crippen LogP contribution in [0.25, 0.3) is 0 Å². The summed E-state index contributed by atoms with van der Waals surface area (Å²) < 4.78 is 10.5. The lowest BCUT2D eigenvalue weighted by molar-refractivity contribution is -0.526. The molecule has 0 amide bonds. The quantitative estimate of drug-likeness (QED) is 0.477. The first-order valence-electron chi connectivity index (χ1n) is 7.68. The van der Waals surface area contributed by atoms with Crippen LogP contribution in [0.15, 0.2) is 48.5 Å². The molecular weight excluding hydrogens is 310 g/mol. The van der Waals surface area contributed by atoms with Gasteiger partial charge in [0.2, 0.25) is 6.04 Å². The van der Waals surface area contributed by atoms with E-state index in [1.807, 2.05) is 36.4 Å². The SMILES string of the molecule is COC(=O)CCC(C1c2ccccc2Oc2ccccc21)[N+](=O)[O-]. The van der Waals surface area contributed by atoms with Crippen LogP contribution in [0, 0.1) is 10.1 Å². The van der Waals surface area contributed by atoms with Crippen molar-refractivity contribution in [1.29, 1.82) is 0 Å². The van der Waals surface area contributed by atoms with E-state index in [0.29, 0.717) is 11.5 Å². The highest BCUT2D eigenvalue weighted by Crippen LogP contribution is 2.46. The molecule has 0 saturated heterocycles. The second-order valence-electron chi connectivity index (χ2n) is 5.62. The van der Waals surface area contributed by atoms with Gasteiger partial charge in [-0.15, -0.1) is 0 Å². The van der Waals surface area contributed by atoms with Crippen LogP contribution < -0.4 is 4.74 Å². The number of carbonyl (C=O) groups is 1. The van der Waals surface area contributed by atoms with Gasteiger partial charge >= 0.3 is 5.97 Å². The van der Waals surface area contributed by atoms with Gasteiger partial charge in [-0.25, -0.2) is 0 Å². The molecule has 0 aliphatic carbocycles. The van der Waals surface area contributed by atoms with Gasteiger partial charge in [-0.3, -0.25) is 14.9 Å². The summed E-state index contributed by atoms with van der Waals surface area (Å²) in [7, 11) is 1.28. The van der Waals surface area contributed by atoms with E-state index in [0.717, 1.165) is 11.1 Å². The third kappa shape index (κ3) is 2.95. The first-order valence-corrected chi connectivity index (χ1v) is 7.68. The zero-order valence-electron chi connectivity index (χ0n) is 13.2. The summed E-state index contributed by atoms with van der Waals surface area (Å²) in [6.07, 6.45) is 0.108. The summed E-state index contributed by atoms with van der Waals surface area (Å²) in [6.45, 7) is 0. The predicted molar refractivity (Wildman–Crippen MR) is 86.8 cm³/mol. The Kier molecular flexibility index (Phi) is 4.46. The van der Waals surface area contributed by atoms with Crippen LogP contribution in [-0.4, -0.2) is 24.0 Å². The fourth-order valence-electron chi connectivity index (χ4n) is 3.12. The molecule has 124 valence electrons. The highest BCUT2D eigenvalue weighted by Gasteiger charge is 2.40. The Labute approximate surface area is 139 Å². The molecule has 0 N–H and O–H groups in total. The number of hydrogen-bond donors (Lipinski definition) is 0. The minimum Gasteiger partial charge on any atom is -0.469 e. The van der Waals surface area contributed by atoms with E-state index >= 15 is 0 Å². The van der Waals surface area contributed by atoms with Crippen LogP contribution >= 0.6 is 0 Å². The van der Waals surface area contributed by atoms with E-state index in [1.54, 1.807) is 12.1 Å². The van der Waals surface area contributed by atoms with Crippen molar-refractivity contribution in [2.75, 3.05) is 7.11 Å². The average molecular weight is 327 g/mol. The maximum Gasteiger partial charge on any atom is 0.305 e. The van der Waals surface area contributed by atoms with Crippen molar-refractivity contribution in [1.82, 2.24) is 0 Å². The number of para-hydroxylation sites is 2. The Balaban J connectivity index is 2.03. The number of fused-ring (bicyclic) bond motifs is 2. The highest BCUT2D eigenvalue weighted by molar-refractivity contribution is 5.69. The van der Waals surface area contributed by atoms with E-state index in [4.69, 9.17) is 4.74 Å². The number of nitro groups is 1. The van der Waals surface area contributed by atoms with Gasteiger partial charge in [0.15, 0.2) is 0 Å². The van der Waals surface area contributed by atoms with Crippen molar-refractivity contribution in [2.45, 2.75) is 24.8 Å². The molecule has 1 atom stereocenters. The minimum atomic E-state index is -0.935. The molecule has 0 aromatic heterocycles. The number of hydrogen-bond acceptors (Lipinski definition) is 5. The maximum absolute atomic E-state index is 11.7. The van der Waals surface area contributed by atoms with Crippen molar-refractivity contribution in [3.05, 3.63) is 69.8 Å². The molecule has 0 saturated carbocycles. The third-order valence-corrected chi connectivity index (χ3v) is 4.26. The van der Waals surface area contributed by atoms with Crippen LogP contribution in [0.5, 0.6) is 11.5 Å². The average Bonchev–Trinajstić information content (AvgIpc) is 2.60. The monoisotopic (exact) mass is 327 g/mol. The van der Waals surface area contributed by atoms with Gasteiger partial charge in [-0.05, 0) is 12.1 Å². The first-order chi connectivity index (χ1) is 11.6. The molecule has 1 aliphatic rings. The summed E-state index contributed by atoms with van der Waals surface area (Å²) in [5.41, 5.74) is 1.53. The molecule has 1 aliphatic heterocycles. The second kappa shape index (κ2) is 6.70. The highest BCUT2D eigenvalue weighted by atomic mass is 16.6. The number of esters is 1. The molecule has 2 aromatic carbocycles. The zero-order valence-corrected chi connectivity index (χ0v) is 13.2. The summed E-state index contributed by atoms with van der Waals surface area (Å²) in [5.74, 6) is 0.318. The van der Waals surface area contributed by atoms with Gasteiger partial charge in [-0.1, -0.05) is 36.4 Å². The molecule has 2 aromatic rings. The van der Waals surface area contributed by atoms with Gasteiger partial charge in [-0.2, -0.15) is 0 Å². The summed E-state index contributed by atoms with van der Waals surface area (Å²) in [5, 5.41) is 11.7. The van der Waals surface area contributed by atoms with Crippen LogP contribution in [-0.2, 0) is 9.53 Å². The Morgan fingerprint density at radius 2 is 1.71 bits per heavy atom. The standard InChI is InChI=1S/C18H17NO5/c1-23-17(20)11-10-14(19(21)22)18-12-6-2-4-8-15(12)24-16-9-5-3-7-13(16)18/h2-9,14,18H,10-11H2,1H3. The number of carbonyl (C=O) groups excluding carboxylic acids is 1. The van der Waals surface area contributed by atoms with Gasteiger partial charge < -0.3 is 9.47 Å². The van der Waals surface area contributed by atoms with Gasteiger partial charge in [0.25, 0.3) is 0 Å². The van der Waals surface area contributed by atoms with Crippen molar-refractivity contribution >= 4 is 5.97 Å². The van der Waals surface area contributed by atoms with E-state index in [9.17, 15) is 14.9 Å². The fourth-order valence-corrected chi connectivity index (χ4v) is 3.12. The Hall–Kier alpha value is -2.89. The van der Waals surface area contributed by atoms with E-state index in [2.05, 4.69) is 4.74 Å². The van der Waals surface area contributed by atoms with Crippen LogP contribution in [0.2, 0.25) is 0 Å². The number of methoxy groups -OCH3 is 1. The van der Waals surface area contributed by atoms with Crippen LogP contribution in [0.3, 0.4) is 0 Å². The molecule has 0 spiro atoms. The van der Waals surface area contributed by atoms with E-state index < -0.39 is 17.9 Å². The Morgan fingerprint density at radius 3 is 2.21 bits per heavy atom. The lowest BCUT2D eigenvalue weighted by atomic mass is 9.81. The molecule has 0 bridgehead atoms. The lowest BCUT2D eigenvalue weighted by Crippen LogP contribution is -2.31. The predicted octanol–water partition coefficient (Wildman–Crippen LogP) is 3.52. The van der Waals surface area contributed by atoms with Crippen molar-refractivity contribution < 1.29 is 19.2 Å². The summed E-state index contributed by atoms with van der Waals surface area (Å²) in [6, 6.07) is 13.7. The van der Waals surface area contributed by atoms with Crippen molar-refractivity contribution in [3.8, 4) is 11.5 Å². The molecule has 1 heterocycles. The maximum atomic E-state index is 11.7. The van der Waals surface area contributed by atoms with E-state index in [-0.39, 0.29) is 17.8 Å². The summed E-state index contributed by atoms with van der Waals surface area (Å²) >= 11 is 0. The number of rotatable bonds is 5. The van der Waals surface area contributed by atoms with Crippen molar-refractivity contribution in [3.63, 3.8) is 0 Å². The van der Waals surface area contributed by atoms with Crippen molar-refractivity contribution in [2.24, 2.45) is 0 Å². The molecular formula is C18H17NO5. The lowest BCUT2D eigenvalue weighted by Gasteiger charge is -2.29. The third-order valence-electron chi connectivity index (χ3n) is 4.26. The molecule has 0 fully saturated rings. The normalized spacial score (nSPS) is 14.0. The fraction of sp³-hybridized carbons (Fsp3) is 0.278. The zero-order chi connectivity index (χ0) is 17.1.